The van der Waals surface area contributed by atoms with Gasteiger partial charge in [0.05, 0.1) is 11.0 Å². The molecule has 1 atom stereocenters. The van der Waals surface area contributed by atoms with Gasteiger partial charge < -0.3 is 16.0 Å². The molecule has 4 N–H and O–H groups in total. The molecule has 0 spiro atoms. The SMILES string of the molecule is CCc1c(C(=O)NCCN)[nH]c2cc3c(nc12)CCC(C(C)(C)C)C3. The number of hydrogen-bond acceptors (Lipinski definition) is 3. The second-order valence-electron chi connectivity index (χ2n) is 8.17. The highest BCUT2D eigenvalue weighted by atomic mass is 16.1. The molecule has 1 unspecified atom stereocenters. The Balaban J connectivity index is 2.00. The van der Waals surface area contributed by atoms with E-state index in [4.69, 9.17) is 10.7 Å². The van der Waals surface area contributed by atoms with Crippen LogP contribution in [0.3, 0.4) is 0 Å². The molecule has 0 aliphatic heterocycles. The number of hydrogen-bond donors (Lipinski definition) is 3. The molecule has 0 saturated heterocycles. The van der Waals surface area contributed by atoms with Crippen LogP contribution in [0.1, 0.15) is 61.4 Å². The Morgan fingerprint density at radius 2 is 2.20 bits per heavy atom. The standard InChI is InChI=1S/C20H30N4O/c1-5-14-17-16(24-18(14)19(25)22-9-8-21)11-12-10-13(20(2,3)4)6-7-15(12)23-17/h11,13,24H,5-10,21H2,1-4H3,(H,22,25). The molecule has 1 aliphatic carbocycles. The normalized spacial score (nSPS) is 17.6. The van der Waals surface area contributed by atoms with E-state index in [1.807, 2.05) is 0 Å². The van der Waals surface area contributed by atoms with E-state index in [1.54, 1.807) is 0 Å². The van der Waals surface area contributed by atoms with Crippen LogP contribution in [0.4, 0.5) is 0 Å². The number of rotatable bonds is 4. The predicted octanol–water partition coefficient (Wildman–Crippen LogP) is 2.96. The Hall–Kier alpha value is -1.88. The van der Waals surface area contributed by atoms with Gasteiger partial charge in [-0.2, -0.15) is 0 Å². The van der Waals surface area contributed by atoms with Crippen LogP contribution < -0.4 is 11.1 Å². The number of H-pyrrole nitrogens is 1. The first-order chi connectivity index (χ1) is 11.8. The summed E-state index contributed by atoms with van der Waals surface area (Å²) in [6.07, 6.45) is 4.06. The second kappa shape index (κ2) is 6.79. The second-order valence-corrected chi connectivity index (χ2v) is 8.17. The highest BCUT2D eigenvalue weighted by Gasteiger charge is 2.30. The lowest BCUT2D eigenvalue weighted by atomic mass is 9.71. The van der Waals surface area contributed by atoms with Gasteiger partial charge in [0.1, 0.15) is 5.69 Å². The zero-order valence-electron chi connectivity index (χ0n) is 15.8. The number of nitrogens with zero attached hydrogens (tertiary/aromatic N) is 1. The first-order valence-corrected chi connectivity index (χ1v) is 9.36. The Morgan fingerprint density at radius 1 is 1.44 bits per heavy atom. The minimum atomic E-state index is -0.0918. The fraction of sp³-hybridized carbons (Fsp3) is 0.600. The summed E-state index contributed by atoms with van der Waals surface area (Å²) in [6, 6.07) is 2.22. The summed E-state index contributed by atoms with van der Waals surface area (Å²) in [5.41, 5.74) is 11.9. The molecule has 136 valence electrons. The molecular weight excluding hydrogens is 312 g/mol. The van der Waals surface area contributed by atoms with Crippen molar-refractivity contribution >= 4 is 16.9 Å². The summed E-state index contributed by atoms with van der Waals surface area (Å²) in [5.74, 6) is 0.582. The molecule has 5 heteroatoms. The Morgan fingerprint density at radius 3 is 2.84 bits per heavy atom. The molecule has 2 aromatic heterocycles. The van der Waals surface area contributed by atoms with Gasteiger partial charge >= 0.3 is 0 Å². The molecule has 0 fully saturated rings. The van der Waals surface area contributed by atoms with E-state index >= 15 is 0 Å². The smallest absolute Gasteiger partial charge is 0.268 e. The molecule has 0 radical (unpaired) electrons. The van der Waals surface area contributed by atoms with Gasteiger partial charge in [0.25, 0.3) is 5.91 Å². The van der Waals surface area contributed by atoms with E-state index in [-0.39, 0.29) is 5.91 Å². The van der Waals surface area contributed by atoms with Gasteiger partial charge in [0, 0.05) is 24.3 Å². The largest absolute Gasteiger partial charge is 0.349 e. The quantitative estimate of drug-likeness (QED) is 0.799. The fourth-order valence-electron chi connectivity index (χ4n) is 3.87. The predicted molar refractivity (Wildman–Crippen MR) is 102 cm³/mol. The highest BCUT2D eigenvalue weighted by Crippen LogP contribution is 2.38. The molecular formula is C20H30N4O. The van der Waals surface area contributed by atoms with Crippen molar-refractivity contribution in [1.82, 2.24) is 15.3 Å². The fourth-order valence-corrected chi connectivity index (χ4v) is 3.87. The Bertz CT molecular complexity index is 785. The number of pyridine rings is 1. The highest BCUT2D eigenvalue weighted by molar-refractivity contribution is 6.00. The number of aromatic nitrogens is 2. The summed E-state index contributed by atoms with van der Waals surface area (Å²) >= 11 is 0. The van der Waals surface area contributed by atoms with Crippen LogP contribution in [-0.4, -0.2) is 29.0 Å². The number of aryl methyl sites for hydroxylation is 2. The summed E-state index contributed by atoms with van der Waals surface area (Å²) in [5, 5.41) is 2.86. The van der Waals surface area contributed by atoms with E-state index in [0.29, 0.717) is 30.1 Å². The lowest BCUT2D eigenvalue weighted by molar-refractivity contribution is 0.0949. The van der Waals surface area contributed by atoms with Gasteiger partial charge in [-0.15, -0.1) is 0 Å². The average Bonchev–Trinajstić information content (AvgIpc) is 2.93. The van der Waals surface area contributed by atoms with E-state index < -0.39 is 0 Å². The number of amides is 1. The third kappa shape index (κ3) is 3.43. The number of carbonyl (C=O) groups excluding carboxylic acids is 1. The zero-order valence-corrected chi connectivity index (χ0v) is 15.8. The first-order valence-electron chi connectivity index (χ1n) is 9.36. The van der Waals surface area contributed by atoms with Crippen molar-refractivity contribution in [3.8, 4) is 0 Å². The van der Waals surface area contributed by atoms with E-state index in [9.17, 15) is 4.79 Å². The maximum atomic E-state index is 12.4. The average molecular weight is 342 g/mol. The maximum Gasteiger partial charge on any atom is 0.268 e. The van der Waals surface area contributed by atoms with E-state index in [0.717, 1.165) is 35.9 Å². The van der Waals surface area contributed by atoms with Gasteiger partial charge in [0.2, 0.25) is 0 Å². The maximum absolute atomic E-state index is 12.4. The van der Waals surface area contributed by atoms with Gasteiger partial charge in [0.15, 0.2) is 0 Å². The molecule has 0 bridgehead atoms. The molecule has 3 rings (SSSR count). The van der Waals surface area contributed by atoms with Crippen molar-refractivity contribution in [2.24, 2.45) is 17.1 Å². The van der Waals surface area contributed by atoms with Gasteiger partial charge in [-0.1, -0.05) is 27.7 Å². The summed E-state index contributed by atoms with van der Waals surface area (Å²) in [6.45, 7) is 9.94. The minimum Gasteiger partial charge on any atom is -0.349 e. The molecule has 25 heavy (non-hydrogen) atoms. The van der Waals surface area contributed by atoms with Crippen LogP contribution in [-0.2, 0) is 19.3 Å². The monoisotopic (exact) mass is 342 g/mol. The Labute approximate surface area is 149 Å². The van der Waals surface area contributed by atoms with Crippen molar-refractivity contribution in [3.63, 3.8) is 0 Å². The van der Waals surface area contributed by atoms with Crippen LogP contribution in [0.2, 0.25) is 0 Å². The molecule has 5 nitrogen and oxygen atoms in total. The van der Waals surface area contributed by atoms with E-state index in [2.05, 4.69) is 44.1 Å². The lowest BCUT2D eigenvalue weighted by Gasteiger charge is -2.34. The molecule has 2 heterocycles. The van der Waals surface area contributed by atoms with Crippen molar-refractivity contribution in [2.45, 2.75) is 53.4 Å². The zero-order chi connectivity index (χ0) is 18.2. The summed E-state index contributed by atoms with van der Waals surface area (Å²) in [7, 11) is 0. The summed E-state index contributed by atoms with van der Waals surface area (Å²) in [4.78, 5) is 20.7. The van der Waals surface area contributed by atoms with Crippen molar-refractivity contribution in [2.75, 3.05) is 13.1 Å². The number of nitrogens with one attached hydrogen (secondary N) is 2. The first kappa shape index (κ1) is 17.9. The third-order valence-electron chi connectivity index (χ3n) is 5.47. The Kier molecular flexibility index (Phi) is 4.87. The van der Waals surface area contributed by atoms with E-state index in [1.165, 1.54) is 17.7 Å². The van der Waals surface area contributed by atoms with Gasteiger partial charge in [-0.05, 0) is 48.6 Å². The van der Waals surface area contributed by atoms with Crippen LogP contribution in [0, 0.1) is 11.3 Å². The molecule has 1 aliphatic rings. The van der Waals surface area contributed by atoms with Crippen LogP contribution in [0.25, 0.3) is 11.0 Å². The van der Waals surface area contributed by atoms with Crippen LogP contribution >= 0.6 is 0 Å². The number of carbonyl (C=O) groups is 1. The van der Waals surface area contributed by atoms with Gasteiger partial charge in [-0.3, -0.25) is 9.78 Å². The molecule has 1 amide bonds. The number of nitrogens with two attached hydrogens (primary N) is 1. The number of fused-ring (bicyclic) bond motifs is 2. The van der Waals surface area contributed by atoms with Crippen molar-refractivity contribution in [3.05, 3.63) is 28.6 Å². The molecule has 0 saturated carbocycles. The summed E-state index contributed by atoms with van der Waals surface area (Å²) < 4.78 is 0. The topological polar surface area (TPSA) is 83.8 Å². The van der Waals surface area contributed by atoms with Crippen molar-refractivity contribution < 1.29 is 4.79 Å². The minimum absolute atomic E-state index is 0.0918. The van der Waals surface area contributed by atoms with Crippen molar-refractivity contribution in [1.29, 1.82) is 0 Å². The molecule has 0 aromatic carbocycles. The van der Waals surface area contributed by atoms with Crippen LogP contribution in [0.5, 0.6) is 0 Å². The number of aromatic amines is 1. The van der Waals surface area contributed by atoms with Crippen LogP contribution in [0.15, 0.2) is 6.07 Å². The lowest BCUT2D eigenvalue weighted by Crippen LogP contribution is -2.29. The molecule has 2 aromatic rings. The third-order valence-corrected chi connectivity index (χ3v) is 5.47. The van der Waals surface area contributed by atoms with Gasteiger partial charge in [-0.25, -0.2) is 0 Å².